The number of fused-ring (bicyclic) bond motifs is 1. The summed E-state index contributed by atoms with van der Waals surface area (Å²) in [6.45, 7) is 3.34. The molecule has 3 amide bonds. The van der Waals surface area contributed by atoms with Crippen LogP contribution >= 0.6 is 0 Å². The Morgan fingerprint density at radius 1 is 0.923 bits per heavy atom. The number of urea groups is 1. The van der Waals surface area contributed by atoms with E-state index in [0.29, 0.717) is 23.6 Å². The van der Waals surface area contributed by atoms with E-state index < -0.39 is 9.84 Å². The number of nitrogens with one attached hydrogen (secondary N) is 2. The van der Waals surface area contributed by atoms with Crippen molar-refractivity contribution in [3.8, 4) is 11.5 Å². The molecule has 3 aromatic carbocycles. The van der Waals surface area contributed by atoms with E-state index in [4.69, 9.17) is 9.47 Å². The number of rotatable bonds is 6. The first-order valence-electron chi connectivity index (χ1n) is 12.3. The summed E-state index contributed by atoms with van der Waals surface area (Å²) < 4.78 is 37.6. The lowest BCUT2D eigenvalue weighted by atomic mass is 9.92. The molecule has 10 heteroatoms. The topological polar surface area (TPSA) is 114 Å². The maximum atomic E-state index is 13.3. The molecule has 1 aliphatic rings. The number of sulfone groups is 1. The number of carbonyl (C=O) groups is 2. The second-order valence-corrected chi connectivity index (χ2v) is 11.1. The fourth-order valence-electron chi connectivity index (χ4n) is 4.58. The highest BCUT2D eigenvalue weighted by molar-refractivity contribution is 7.91. The molecule has 1 heterocycles. The second kappa shape index (κ2) is 11.2. The van der Waals surface area contributed by atoms with Crippen LogP contribution in [0.15, 0.2) is 76.7 Å². The molecule has 0 saturated heterocycles. The zero-order chi connectivity index (χ0) is 28.3. The number of methoxy groups -OCH3 is 2. The third kappa shape index (κ3) is 5.61. The van der Waals surface area contributed by atoms with Crippen LogP contribution in [-0.2, 0) is 21.1 Å². The zero-order valence-corrected chi connectivity index (χ0v) is 23.3. The third-order valence-corrected chi connectivity index (χ3v) is 8.35. The molecule has 9 nitrogen and oxygen atoms in total. The zero-order valence-electron chi connectivity index (χ0n) is 22.4. The number of carbonyl (C=O) groups excluding carboxylic acids is 2. The van der Waals surface area contributed by atoms with Gasteiger partial charge in [-0.15, -0.1) is 0 Å². The van der Waals surface area contributed by atoms with Gasteiger partial charge in [0, 0.05) is 37.5 Å². The SMILES string of the molecule is CNC(=O)N1C=C(c2ccc(S(=O)(=O)c3ccc(NC(C)=O)cc3)cc2)c2cc(OC)c(OC)cc2C[C@@H]1C. The minimum Gasteiger partial charge on any atom is -0.493 e. The maximum Gasteiger partial charge on any atom is 0.321 e. The smallest absolute Gasteiger partial charge is 0.321 e. The molecule has 204 valence electrons. The summed E-state index contributed by atoms with van der Waals surface area (Å²) in [5.41, 5.74) is 3.80. The number of ether oxygens (including phenoxy) is 2. The lowest BCUT2D eigenvalue weighted by molar-refractivity contribution is -0.114. The summed E-state index contributed by atoms with van der Waals surface area (Å²) in [5, 5.41) is 5.31. The van der Waals surface area contributed by atoms with Crippen molar-refractivity contribution < 1.29 is 27.5 Å². The van der Waals surface area contributed by atoms with Crippen LogP contribution in [0.1, 0.15) is 30.5 Å². The van der Waals surface area contributed by atoms with Gasteiger partial charge in [0.15, 0.2) is 11.5 Å². The highest BCUT2D eigenvalue weighted by Crippen LogP contribution is 2.39. The maximum absolute atomic E-state index is 13.3. The Kier molecular flexibility index (Phi) is 7.96. The average molecular weight is 550 g/mol. The van der Waals surface area contributed by atoms with Crippen LogP contribution in [0.3, 0.4) is 0 Å². The molecule has 1 aliphatic heterocycles. The van der Waals surface area contributed by atoms with E-state index in [1.54, 1.807) is 68.8 Å². The molecule has 0 fully saturated rings. The Balaban J connectivity index is 1.78. The first-order chi connectivity index (χ1) is 18.6. The van der Waals surface area contributed by atoms with Gasteiger partial charge in [-0.1, -0.05) is 12.1 Å². The van der Waals surface area contributed by atoms with Gasteiger partial charge in [-0.05, 0) is 78.6 Å². The first-order valence-corrected chi connectivity index (χ1v) is 13.8. The summed E-state index contributed by atoms with van der Waals surface area (Å²) in [4.78, 5) is 25.9. The Labute approximate surface area is 228 Å². The molecule has 0 aromatic heterocycles. The van der Waals surface area contributed by atoms with Crippen LogP contribution in [0.2, 0.25) is 0 Å². The van der Waals surface area contributed by atoms with Crippen molar-refractivity contribution in [1.29, 1.82) is 0 Å². The molecule has 39 heavy (non-hydrogen) atoms. The van der Waals surface area contributed by atoms with Gasteiger partial charge in [0.25, 0.3) is 0 Å². The normalized spacial score (nSPS) is 14.9. The molecule has 0 unspecified atom stereocenters. The molecule has 0 saturated carbocycles. The Morgan fingerprint density at radius 2 is 1.49 bits per heavy atom. The quantitative estimate of drug-likeness (QED) is 0.469. The van der Waals surface area contributed by atoms with Crippen molar-refractivity contribution in [2.24, 2.45) is 0 Å². The summed E-state index contributed by atoms with van der Waals surface area (Å²) in [6, 6.07) is 15.9. The molecule has 2 N–H and O–H groups in total. The molecule has 0 spiro atoms. The van der Waals surface area contributed by atoms with E-state index >= 15 is 0 Å². The van der Waals surface area contributed by atoms with Gasteiger partial charge in [0.1, 0.15) is 0 Å². The van der Waals surface area contributed by atoms with Crippen LogP contribution in [-0.4, -0.2) is 52.6 Å². The Bertz CT molecular complexity index is 1530. The van der Waals surface area contributed by atoms with Gasteiger partial charge in [0.2, 0.25) is 15.7 Å². The number of amides is 3. The largest absolute Gasteiger partial charge is 0.493 e. The fraction of sp³-hybridized carbons (Fsp3) is 0.241. The van der Waals surface area contributed by atoms with Crippen molar-refractivity contribution in [3.05, 3.63) is 83.6 Å². The summed E-state index contributed by atoms with van der Waals surface area (Å²) >= 11 is 0. The fourth-order valence-corrected chi connectivity index (χ4v) is 5.84. The predicted molar refractivity (Wildman–Crippen MR) is 149 cm³/mol. The average Bonchev–Trinajstić information content (AvgIpc) is 3.07. The van der Waals surface area contributed by atoms with Crippen molar-refractivity contribution in [2.45, 2.75) is 36.1 Å². The Hall–Kier alpha value is -4.31. The first kappa shape index (κ1) is 27.7. The van der Waals surface area contributed by atoms with Gasteiger partial charge in [-0.25, -0.2) is 13.2 Å². The second-order valence-electron chi connectivity index (χ2n) is 9.16. The van der Waals surface area contributed by atoms with Crippen molar-refractivity contribution in [1.82, 2.24) is 10.2 Å². The highest BCUT2D eigenvalue weighted by Gasteiger charge is 2.27. The molecule has 0 radical (unpaired) electrons. The molecule has 1 atom stereocenters. The molecule has 4 rings (SSSR count). The van der Waals surface area contributed by atoms with Crippen LogP contribution in [0.4, 0.5) is 10.5 Å². The molecule has 3 aromatic rings. The van der Waals surface area contributed by atoms with Crippen LogP contribution in [0.25, 0.3) is 5.57 Å². The number of anilines is 1. The number of hydrogen-bond acceptors (Lipinski definition) is 6. The molecule has 0 bridgehead atoms. The predicted octanol–water partition coefficient (Wildman–Crippen LogP) is 4.47. The van der Waals surface area contributed by atoms with Crippen LogP contribution in [0.5, 0.6) is 11.5 Å². The lowest BCUT2D eigenvalue weighted by Gasteiger charge is -2.24. The van der Waals surface area contributed by atoms with E-state index in [0.717, 1.165) is 22.3 Å². The van der Waals surface area contributed by atoms with Crippen molar-refractivity contribution in [2.75, 3.05) is 26.6 Å². The monoisotopic (exact) mass is 549 g/mol. The van der Waals surface area contributed by atoms with Crippen LogP contribution in [0, 0.1) is 0 Å². The van der Waals surface area contributed by atoms with Gasteiger partial charge in [-0.3, -0.25) is 9.69 Å². The third-order valence-electron chi connectivity index (χ3n) is 6.57. The highest BCUT2D eigenvalue weighted by atomic mass is 32.2. The molecule has 0 aliphatic carbocycles. The van der Waals surface area contributed by atoms with E-state index in [2.05, 4.69) is 10.6 Å². The molecular weight excluding hydrogens is 518 g/mol. The lowest BCUT2D eigenvalue weighted by Crippen LogP contribution is -2.40. The van der Waals surface area contributed by atoms with E-state index in [1.165, 1.54) is 19.1 Å². The minimum absolute atomic E-state index is 0.111. The molecular formula is C29H31N3O6S. The Morgan fingerprint density at radius 3 is 2.03 bits per heavy atom. The number of nitrogens with zero attached hydrogens (tertiary/aromatic N) is 1. The summed E-state index contributed by atoms with van der Waals surface area (Å²) in [6.07, 6.45) is 2.36. The minimum atomic E-state index is -3.80. The summed E-state index contributed by atoms with van der Waals surface area (Å²) in [5.74, 6) is 0.892. The standard InChI is InChI=1S/C29H31N3O6S/c1-18-14-21-15-27(37-4)28(38-5)16-25(21)26(17-32(18)29(34)30-3)20-6-10-23(11-7-20)39(35,36)24-12-8-22(9-13-24)31-19(2)33/h6-13,15-18H,14H2,1-5H3,(H,30,34)(H,31,33)/t18-/m0/s1. The summed E-state index contributed by atoms with van der Waals surface area (Å²) in [7, 11) is 0.915. The van der Waals surface area contributed by atoms with E-state index in [1.807, 2.05) is 19.1 Å². The van der Waals surface area contributed by atoms with E-state index in [9.17, 15) is 18.0 Å². The van der Waals surface area contributed by atoms with Crippen molar-refractivity contribution in [3.63, 3.8) is 0 Å². The van der Waals surface area contributed by atoms with Gasteiger partial charge in [0.05, 0.1) is 24.0 Å². The van der Waals surface area contributed by atoms with Gasteiger partial charge < -0.3 is 20.1 Å². The van der Waals surface area contributed by atoms with E-state index in [-0.39, 0.29) is 27.8 Å². The van der Waals surface area contributed by atoms with Crippen LogP contribution < -0.4 is 20.1 Å². The van der Waals surface area contributed by atoms with Gasteiger partial charge >= 0.3 is 6.03 Å². The number of hydrogen-bond donors (Lipinski definition) is 2. The number of benzene rings is 3. The van der Waals surface area contributed by atoms with Gasteiger partial charge in [-0.2, -0.15) is 0 Å². The van der Waals surface area contributed by atoms with Crippen molar-refractivity contribution >= 4 is 33.0 Å².